The van der Waals surface area contributed by atoms with Crippen LogP contribution in [0, 0.1) is 17.2 Å². The Bertz CT molecular complexity index is 578. The first kappa shape index (κ1) is 26.1. The second-order valence-corrected chi connectivity index (χ2v) is 14.3. The largest absolute Gasteiger partial charge is 0.400 e. The van der Waals surface area contributed by atoms with E-state index in [1.807, 2.05) is 0 Å². The van der Waals surface area contributed by atoms with Crippen LogP contribution in [0.1, 0.15) is 72.6 Å². The normalized spacial score (nSPS) is 21.2. The molecule has 1 saturated heterocycles. The van der Waals surface area contributed by atoms with E-state index in [2.05, 4.69) is 65.6 Å². The van der Waals surface area contributed by atoms with Crippen LogP contribution in [0.25, 0.3) is 0 Å². The van der Waals surface area contributed by atoms with E-state index in [9.17, 15) is 5.26 Å². The molecule has 0 aliphatic carbocycles. The number of hydrogen-bond donors (Lipinski definition) is 0. The highest BCUT2D eigenvalue weighted by atomic mass is 28.4. The molecule has 3 atom stereocenters. The van der Waals surface area contributed by atoms with Gasteiger partial charge in [0.05, 0.1) is 12.7 Å². The van der Waals surface area contributed by atoms with Crippen molar-refractivity contribution in [3.63, 3.8) is 0 Å². The monoisotopic (exact) mass is 421 g/mol. The smallest absolute Gasteiger partial charge is 0.185 e. The van der Waals surface area contributed by atoms with Gasteiger partial charge in [-0.05, 0) is 84.9 Å². The van der Waals surface area contributed by atoms with E-state index in [0.717, 1.165) is 44.3 Å². The predicted octanol–water partition coefficient (Wildman–Crippen LogP) is 6.75. The number of ether oxygens (including phenoxy) is 2. The predicted molar refractivity (Wildman–Crippen MR) is 123 cm³/mol. The number of nitrogens with zero attached hydrogens (tertiary/aromatic N) is 1. The molecule has 0 amide bonds. The van der Waals surface area contributed by atoms with Crippen LogP contribution in [-0.2, 0) is 13.9 Å². The van der Waals surface area contributed by atoms with E-state index in [0.29, 0.717) is 18.9 Å². The molecule has 5 heteroatoms. The summed E-state index contributed by atoms with van der Waals surface area (Å²) in [7, 11) is -1.87. The third kappa shape index (κ3) is 11.7. The molecule has 29 heavy (non-hydrogen) atoms. The molecule has 0 aromatic rings. The van der Waals surface area contributed by atoms with Gasteiger partial charge in [-0.15, -0.1) is 0 Å². The van der Waals surface area contributed by atoms with Gasteiger partial charge in [0.25, 0.3) is 0 Å². The number of rotatable bonds is 12. The zero-order valence-electron chi connectivity index (χ0n) is 19.8. The summed E-state index contributed by atoms with van der Waals surface area (Å²) in [5.41, 5.74) is 1.75. The molecular weight excluding hydrogens is 378 g/mol. The van der Waals surface area contributed by atoms with Crippen LogP contribution in [0.2, 0.25) is 19.6 Å². The summed E-state index contributed by atoms with van der Waals surface area (Å²) in [4.78, 5) is 0. The molecule has 1 aliphatic rings. The van der Waals surface area contributed by atoms with Gasteiger partial charge in [0.1, 0.15) is 5.60 Å². The van der Waals surface area contributed by atoms with Crippen molar-refractivity contribution in [2.24, 2.45) is 5.92 Å². The van der Waals surface area contributed by atoms with E-state index in [1.165, 1.54) is 12.0 Å². The van der Waals surface area contributed by atoms with Crippen LogP contribution >= 0.6 is 0 Å². The fraction of sp³-hybridized carbons (Fsp3) is 0.792. The van der Waals surface area contributed by atoms with Crippen molar-refractivity contribution in [3.8, 4) is 6.07 Å². The zero-order chi connectivity index (χ0) is 21.9. The first-order chi connectivity index (χ1) is 13.6. The lowest BCUT2D eigenvalue weighted by molar-refractivity contribution is -0.155. The summed E-state index contributed by atoms with van der Waals surface area (Å²) in [6, 6.07) is 2.56. The number of nitriles is 1. The topological polar surface area (TPSA) is 51.5 Å². The Morgan fingerprint density at radius 1 is 1.24 bits per heavy atom. The SMILES string of the molecule is CC(C)=CCC[C@H](C)CC(C#N)(C/C(C)=C/COC1CCCCO1)O[Si](C)(C)C. The number of hydrogen-bond acceptors (Lipinski definition) is 4. The molecule has 0 spiro atoms. The molecule has 2 unspecified atom stereocenters. The maximum absolute atomic E-state index is 10.1. The highest BCUT2D eigenvalue weighted by Gasteiger charge is 2.37. The molecule has 1 rings (SSSR count). The summed E-state index contributed by atoms with van der Waals surface area (Å²) >= 11 is 0. The van der Waals surface area contributed by atoms with Crippen molar-refractivity contribution in [1.29, 1.82) is 5.26 Å². The lowest BCUT2D eigenvalue weighted by Gasteiger charge is -2.36. The highest BCUT2D eigenvalue weighted by molar-refractivity contribution is 6.69. The van der Waals surface area contributed by atoms with Crippen LogP contribution in [0.4, 0.5) is 0 Å². The summed E-state index contributed by atoms with van der Waals surface area (Å²) in [5.74, 6) is 0.432. The zero-order valence-corrected chi connectivity index (χ0v) is 20.8. The van der Waals surface area contributed by atoms with Crippen molar-refractivity contribution >= 4 is 8.32 Å². The van der Waals surface area contributed by atoms with Crippen molar-refractivity contribution in [2.45, 2.75) is 104 Å². The average Bonchev–Trinajstić information content (AvgIpc) is 2.60. The van der Waals surface area contributed by atoms with Gasteiger partial charge in [-0.2, -0.15) is 5.26 Å². The quantitative estimate of drug-likeness (QED) is 0.258. The lowest BCUT2D eigenvalue weighted by atomic mass is 9.85. The van der Waals surface area contributed by atoms with Crippen molar-refractivity contribution in [2.75, 3.05) is 13.2 Å². The van der Waals surface area contributed by atoms with Gasteiger partial charge in [-0.25, -0.2) is 0 Å². The van der Waals surface area contributed by atoms with Gasteiger partial charge >= 0.3 is 0 Å². The van der Waals surface area contributed by atoms with E-state index < -0.39 is 13.9 Å². The van der Waals surface area contributed by atoms with Gasteiger partial charge < -0.3 is 13.9 Å². The Kier molecular flexibility index (Phi) is 11.4. The van der Waals surface area contributed by atoms with E-state index >= 15 is 0 Å². The van der Waals surface area contributed by atoms with E-state index in [-0.39, 0.29) is 6.29 Å². The fourth-order valence-corrected chi connectivity index (χ4v) is 5.20. The maximum atomic E-state index is 10.1. The third-order valence-corrected chi connectivity index (χ3v) is 6.01. The maximum Gasteiger partial charge on any atom is 0.185 e. The standard InChI is InChI=1S/C24H43NO3Si/c1-20(2)11-10-12-21(3)17-24(19-25,28-29(5,6)7)18-22(4)14-16-27-23-13-8-9-15-26-23/h11,14,21,23H,8-10,12-13,15-18H2,1-7H3/b22-14+/t21-,23?,24?/m0/s1. The van der Waals surface area contributed by atoms with Gasteiger partial charge in [0, 0.05) is 13.0 Å². The second-order valence-electron chi connectivity index (χ2n) is 9.85. The Morgan fingerprint density at radius 3 is 2.52 bits per heavy atom. The van der Waals surface area contributed by atoms with Crippen LogP contribution < -0.4 is 0 Å². The fourth-order valence-electron chi connectivity index (χ4n) is 3.83. The minimum Gasteiger partial charge on any atom is -0.400 e. The lowest BCUT2D eigenvalue weighted by Crippen LogP contribution is -2.43. The summed E-state index contributed by atoms with van der Waals surface area (Å²) in [5, 5.41) is 10.1. The van der Waals surface area contributed by atoms with E-state index in [4.69, 9.17) is 13.9 Å². The van der Waals surface area contributed by atoms with Gasteiger partial charge in [-0.3, -0.25) is 0 Å². The Morgan fingerprint density at radius 2 is 1.97 bits per heavy atom. The van der Waals surface area contributed by atoms with Crippen LogP contribution in [0.3, 0.4) is 0 Å². The minimum absolute atomic E-state index is 0.0816. The van der Waals surface area contributed by atoms with Crippen molar-refractivity contribution < 1.29 is 13.9 Å². The van der Waals surface area contributed by atoms with E-state index in [1.54, 1.807) is 0 Å². The van der Waals surface area contributed by atoms with Crippen molar-refractivity contribution in [3.05, 3.63) is 23.3 Å². The Hall–Kier alpha value is -0.933. The van der Waals surface area contributed by atoms with Gasteiger partial charge in [0.15, 0.2) is 14.6 Å². The molecule has 1 fully saturated rings. The number of allylic oxidation sites excluding steroid dienone is 2. The summed E-state index contributed by atoms with van der Waals surface area (Å²) in [6.07, 6.45) is 11.1. The Labute approximate surface area is 180 Å². The molecule has 0 N–H and O–H groups in total. The third-order valence-electron chi connectivity index (χ3n) is 5.01. The average molecular weight is 422 g/mol. The second kappa shape index (κ2) is 12.7. The molecule has 1 aliphatic heterocycles. The van der Waals surface area contributed by atoms with Gasteiger partial charge in [-0.1, -0.05) is 30.2 Å². The molecular formula is C24H43NO3Si. The Balaban J connectivity index is 2.74. The van der Waals surface area contributed by atoms with Crippen LogP contribution in [-0.4, -0.2) is 33.4 Å². The first-order valence-electron chi connectivity index (χ1n) is 11.2. The molecule has 0 bridgehead atoms. The first-order valence-corrected chi connectivity index (χ1v) is 14.6. The molecule has 1 heterocycles. The minimum atomic E-state index is -1.87. The molecule has 4 nitrogen and oxygen atoms in total. The van der Waals surface area contributed by atoms with Gasteiger partial charge in [0.2, 0.25) is 0 Å². The molecule has 0 saturated carbocycles. The molecule has 166 valence electrons. The van der Waals surface area contributed by atoms with Crippen LogP contribution in [0.15, 0.2) is 23.3 Å². The molecule has 0 radical (unpaired) electrons. The summed E-state index contributed by atoms with van der Waals surface area (Å²) < 4.78 is 18.0. The summed E-state index contributed by atoms with van der Waals surface area (Å²) in [6.45, 7) is 16.4. The van der Waals surface area contributed by atoms with Crippen LogP contribution in [0.5, 0.6) is 0 Å². The van der Waals surface area contributed by atoms with Crippen molar-refractivity contribution in [1.82, 2.24) is 0 Å². The molecule has 0 aromatic carbocycles. The highest BCUT2D eigenvalue weighted by Crippen LogP contribution is 2.33. The molecule has 0 aromatic heterocycles.